The number of ether oxygens (including phenoxy) is 1. The number of rotatable bonds is 5. The van der Waals surface area contributed by atoms with Gasteiger partial charge in [0.2, 0.25) is 11.8 Å². The second-order valence-electron chi connectivity index (χ2n) is 10.8. The number of likely N-dealkylation sites (tertiary alicyclic amines) is 1. The Morgan fingerprint density at radius 1 is 0.941 bits per heavy atom. The minimum absolute atomic E-state index is 0.0491. The van der Waals surface area contributed by atoms with Gasteiger partial charge in [-0.2, -0.15) is 0 Å². The van der Waals surface area contributed by atoms with Gasteiger partial charge >= 0.3 is 0 Å². The average molecular weight is 470 g/mol. The number of piperidine rings is 1. The fourth-order valence-electron chi connectivity index (χ4n) is 6.48. The van der Waals surface area contributed by atoms with Crippen LogP contribution in [0.4, 0.5) is 4.39 Å². The van der Waals surface area contributed by atoms with E-state index in [1.54, 1.807) is 6.07 Å². The minimum atomic E-state index is -0.706. The highest BCUT2D eigenvalue weighted by molar-refractivity contribution is 6.05. The van der Waals surface area contributed by atoms with Crippen molar-refractivity contribution >= 4 is 17.7 Å². The molecule has 3 amide bonds. The van der Waals surface area contributed by atoms with Crippen LogP contribution in [0.25, 0.3) is 0 Å². The minimum Gasteiger partial charge on any atom is -0.486 e. The molecule has 7 nitrogen and oxygen atoms in total. The topological polar surface area (TPSA) is 79.0 Å². The molecular weight excluding hydrogens is 437 g/mol. The van der Waals surface area contributed by atoms with Crippen molar-refractivity contribution in [2.45, 2.75) is 82.5 Å². The van der Waals surface area contributed by atoms with E-state index in [0.29, 0.717) is 11.6 Å². The Labute approximate surface area is 199 Å². The molecule has 1 aromatic rings. The SMILES string of the molecule is O=C1CCC(N2Cc3cc(O[C@@H]4CCCC[C@H]4N4CC(C5CCC5)C4)c(F)cc3C2=O)C(=O)N1. The summed E-state index contributed by atoms with van der Waals surface area (Å²) in [6.07, 6.45) is 8.80. The van der Waals surface area contributed by atoms with E-state index in [9.17, 15) is 14.4 Å². The quantitative estimate of drug-likeness (QED) is 0.671. The molecule has 2 aliphatic carbocycles. The van der Waals surface area contributed by atoms with Crippen LogP contribution < -0.4 is 10.1 Å². The number of carbonyl (C=O) groups excluding carboxylic acids is 3. The summed E-state index contributed by atoms with van der Waals surface area (Å²) in [5, 5.41) is 2.30. The number of halogens is 1. The van der Waals surface area contributed by atoms with Crippen LogP contribution in [0.15, 0.2) is 12.1 Å². The van der Waals surface area contributed by atoms with E-state index in [4.69, 9.17) is 4.74 Å². The van der Waals surface area contributed by atoms with Gasteiger partial charge in [0.15, 0.2) is 11.6 Å². The third kappa shape index (κ3) is 3.80. The van der Waals surface area contributed by atoms with Crippen LogP contribution in [0.2, 0.25) is 0 Å². The molecule has 2 saturated heterocycles. The largest absolute Gasteiger partial charge is 0.486 e. The monoisotopic (exact) mass is 469 g/mol. The maximum absolute atomic E-state index is 15.1. The summed E-state index contributed by atoms with van der Waals surface area (Å²) >= 11 is 0. The number of benzene rings is 1. The second kappa shape index (κ2) is 8.63. The third-order valence-corrected chi connectivity index (χ3v) is 8.75. The molecule has 0 aromatic heterocycles. The molecule has 1 unspecified atom stereocenters. The fourth-order valence-corrected chi connectivity index (χ4v) is 6.48. The number of amides is 3. The molecule has 182 valence electrons. The van der Waals surface area contributed by atoms with E-state index in [-0.39, 0.29) is 48.6 Å². The summed E-state index contributed by atoms with van der Waals surface area (Å²) in [4.78, 5) is 40.7. The van der Waals surface area contributed by atoms with Crippen molar-refractivity contribution in [3.05, 3.63) is 29.1 Å². The van der Waals surface area contributed by atoms with E-state index in [0.717, 1.165) is 44.2 Å². The standard InChI is InChI=1S/C26H32FN3O4/c27-19-11-18-16(14-30(26(18)33)21-8-9-24(31)28-25(21)32)10-23(19)34-22-7-2-1-6-20(22)29-12-17(13-29)15-4-3-5-15/h10-11,15,17,20-22H,1-9,12-14H2,(H,28,31,32)/t20-,21?,22-/m1/s1. The van der Waals surface area contributed by atoms with Gasteiger partial charge in [-0.3, -0.25) is 24.6 Å². The predicted molar refractivity (Wildman–Crippen MR) is 122 cm³/mol. The van der Waals surface area contributed by atoms with Gasteiger partial charge in [-0.1, -0.05) is 25.7 Å². The Hall–Kier alpha value is -2.48. The van der Waals surface area contributed by atoms with Crippen LogP contribution in [0.5, 0.6) is 5.75 Å². The lowest BCUT2D eigenvalue weighted by Crippen LogP contribution is -2.60. The molecule has 34 heavy (non-hydrogen) atoms. The molecule has 1 aromatic carbocycles. The summed E-state index contributed by atoms with van der Waals surface area (Å²) < 4.78 is 21.4. The molecule has 8 heteroatoms. The van der Waals surface area contributed by atoms with E-state index in [1.165, 1.54) is 36.6 Å². The van der Waals surface area contributed by atoms with Gasteiger partial charge in [0.1, 0.15) is 12.1 Å². The highest BCUT2D eigenvalue weighted by Gasteiger charge is 2.43. The Bertz CT molecular complexity index is 1020. The lowest BCUT2D eigenvalue weighted by atomic mass is 9.71. The Morgan fingerprint density at radius 2 is 1.74 bits per heavy atom. The highest BCUT2D eigenvalue weighted by Crippen LogP contribution is 2.41. The first-order valence-corrected chi connectivity index (χ1v) is 12.9. The van der Waals surface area contributed by atoms with Crippen molar-refractivity contribution in [1.29, 1.82) is 0 Å². The third-order valence-electron chi connectivity index (χ3n) is 8.75. The molecule has 3 heterocycles. The van der Waals surface area contributed by atoms with Crippen molar-refractivity contribution in [2.24, 2.45) is 11.8 Å². The van der Waals surface area contributed by atoms with Gasteiger partial charge < -0.3 is 9.64 Å². The summed E-state index contributed by atoms with van der Waals surface area (Å²) in [6.45, 7) is 2.49. The Morgan fingerprint density at radius 3 is 2.47 bits per heavy atom. The number of fused-ring (bicyclic) bond motifs is 1. The number of nitrogens with zero attached hydrogens (tertiary/aromatic N) is 2. The molecule has 4 fully saturated rings. The van der Waals surface area contributed by atoms with Gasteiger partial charge in [-0.05, 0) is 55.2 Å². The Kier molecular flexibility index (Phi) is 5.59. The highest BCUT2D eigenvalue weighted by atomic mass is 19.1. The second-order valence-corrected chi connectivity index (χ2v) is 10.8. The zero-order chi connectivity index (χ0) is 23.4. The molecule has 3 atom stereocenters. The molecule has 0 bridgehead atoms. The zero-order valence-electron chi connectivity index (χ0n) is 19.4. The fraction of sp³-hybridized carbons (Fsp3) is 0.654. The first-order chi connectivity index (χ1) is 16.5. The average Bonchev–Trinajstić information content (AvgIpc) is 3.05. The smallest absolute Gasteiger partial charge is 0.255 e. The number of carbonyl (C=O) groups is 3. The van der Waals surface area contributed by atoms with Crippen LogP contribution in [-0.2, 0) is 16.1 Å². The van der Waals surface area contributed by atoms with Crippen LogP contribution in [0, 0.1) is 17.7 Å². The zero-order valence-corrected chi connectivity index (χ0v) is 19.4. The molecule has 6 rings (SSSR count). The van der Waals surface area contributed by atoms with Crippen molar-refractivity contribution in [1.82, 2.24) is 15.1 Å². The molecule has 1 N–H and O–H groups in total. The van der Waals surface area contributed by atoms with Crippen molar-refractivity contribution < 1.29 is 23.5 Å². The van der Waals surface area contributed by atoms with E-state index in [1.807, 2.05) is 0 Å². The first kappa shape index (κ1) is 22.0. The van der Waals surface area contributed by atoms with Crippen molar-refractivity contribution in [3.8, 4) is 5.75 Å². The molecule has 0 spiro atoms. The number of hydrogen-bond donors (Lipinski definition) is 1. The lowest BCUT2D eigenvalue weighted by Gasteiger charge is -2.52. The maximum Gasteiger partial charge on any atom is 0.255 e. The predicted octanol–water partition coefficient (Wildman–Crippen LogP) is 3.01. The first-order valence-electron chi connectivity index (χ1n) is 12.9. The number of imide groups is 1. The van der Waals surface area contributed by atoms with Gasteiger partial charge in [0.05, 0.1) is 0 Å². The Balaban J connectivity index is 1.15. The van der Waals surface area contributed by atoms with Crippen LogP contribution in [0.1, 0.15) is 73.7 Å². The molecule has 3 aliphatic heterocycles. The van der Waals surface area contributed by atoms with Crippen LogP contribution in [-0.4, -0.2) is 58.8 Å². The summed E-state index contributed by atoms with van der Waals surface area (Å²) in [6, 6.07) is 2.52. The van der Waals surface area contributed by atoms with Crippen LogP contribution in [0.3, 0.4) is 0 Å². The van der Waals surface area contributed by atoms with Gasteiger partial charge in [-0.25, -0.2) is 4.39 Å². The van der Waals surface area contributed by atoms with Crippen molar-refractivity contribution in [3.63, 3.8) is 0 Å². The normalized spacial score (nSPS) is 30.6. The molecule has 2 saturated carbocycles. The maximum atomic E-state index is 15.1. The van der Waals surface area contributed by atoms with E-state index < -0.39 is 17.8 Å². The van der Waals surface area contributed by atoms with Crippen molar-refractivity contribution in [2.75, 3.05) is 13.1 Å². The summed E-state index contributed by atoms with van der Waals surface area (Å²) in [7, 11) is 0. The number of nitrogens with one attached hydrogen (secondary N) is 1. The lowest BCUT2D eigenvalue weighted by molar-refractivity contribution is -0.136. The van der Waals surface area contributed by atoms with E-state index >= 15 is 4.39 Å². The molecular formula is C26H32FN3O4. The summed E-state index contributed by atoms with van der Waals surface area (Å²) in [5.41, 5.74) is 0.952. The molecule has 0 radical (unpaired) electrons. The van der Waals surface area contributed by atoms with Gasteiger partial charge in [0.25, 0.3) is 5.91 Å². The van der Waals surface area contributed by atoms with Crippen LogP contribution >= 0.6 is 0 Å². The summed E-state index contributed by atoms with van der Waals surface area (Å²) in [5.74, 6) is 0.232. The molecule has 5 aliphatic rings. The van der Waals surface area contributed by atoms with Gasteiger partial charge in [-0.15, -0.1) is 0 Å². The van der Waals surface area contributed by atoms with E-state index in [2.05, 4.69) is 10.2 Å². The number of hydrogen-bond acceptors (Lipinski definition) is 5. The van der Waals surface area contributed by atoms with Gasteiger partial charge in [0, 0.05) is 37.7 Å².